The van der Waals surface area contributed by atoms with E-state index < -0.39 is 10.0 Å². The van der Waals surface area contributed by atoms with E-state index >= 15 is 0 Å². The molecule has 0 amide bonds. The number of ether oxygens (including phenoxy) is 2. The second-order valence-electron chi connectivity index (χ2n) is 9.06. The molecule has 7 nitrogen and oxygen atoms in total. The molecule has 0 N–H and O–H groups in total. The minimum Gasteiger partial charge on any atom is -0.497 e. The number of benzene rings is 2. The minimum atomic E-state index is -3.80. The molecule has 1 unspecified atom stereocenters. The Kier molecular flexibility index (Phi) is 6.14. The van der Waals surface area contributed by atoms with Crippen LogP contribution in [0.5, 0.6) is 5.75 Å². The zero-order chi connectivity index (χ0) is 23.9. The van der Waals surface area contributed by atoms with Crippen molar-refractivity contribution in [3.05, 3.63) is 60.3 Å². The topological polar surface area (TPSA) is 64.0 Å². The van der Waals surface area contributed by atoms with E-state index in [1.807, 2.05) is 30.3 Å². The van der Waals surface area contributed by atoms with E-state index in [0.717, 1.165) is 55.7 Å². The van der Waals surface area contributed by atoms with Crippen molar-refractivity contribution in [3.63, 3.8) is 0 Å². The van der Waals surface area contributed by atoms with Crippen LogP contribution in [0.2, 0.25) is 0 Å². The van der Waals surface area contributed by atoms with Crippen LogP contribution in [0, 0.1) is 0 Å². The number of hydrogen-bond acceptors (Lipinski definition) is 6. The molecule has 1 aromatic heterocycles. The lowest BCUT2D eigenvalue weighted by atomic mass is 9.99. The van der Waals surface area contributed by atoms with E-state index in [-0.39, 0.29) is 11.0 Å². The van der Waals surface area contributed by atoms with Gasteiger partial charge in [0.15, 0.2) is 0 Å². The van der Waals surface area contributed by atoms with Crippen LogP contribution in [0.3, 0.4) is 0 Å². The summed E-state index contributed by atoms with van der Waals surface area (Å²) in [6, 6.07) is 12.8. The first kappa shape index (κ1) is 23.0. The summed E-state index contributed by atoms with van der Waals surface area (Å²) in [6.45, 7) is 3.40. The van der Waals surface area contributed by atoms with Gasteiger partial charge in [-0.15, -0.1) is 0 Å². The number of nitrogens with zero attached hydrogens (tertiary/aromatic N) is 3. The summed E-state index contributed by atoms with van der Waals surface area (Å²) in [7, 11) is 1.63. The van der Waals surface area contributed by atoms with Crippen LogP contribution in [-0.4, -0.2) is 70.8 Å². The molecule has 0 radical (unpaired) electrons. The predicted octanol–water partition coefficient (Wildman–Crippen LogP) is 3.83. The van der Waals surface area contributed by atoms with Gasteiger partial charge in [-0.25, -0.2) is 12.4 Å². The number of methoxy groups -OCH3 is 2. The van der Waals surface area contributed by atoms with Crippen LogP contribution in [0.15, 0.2) is 59.6 Å². The van der Waals surface area contributed by atoms with E-state index in [2.05, 4.69) is 22.9 Å². The van der Waals surface area contributed by atoms with Gasteiger partial charge in [0.05, 0.1) is 23.6 Å². The third-order valence-electron chi connectivity index (χ3n) is 6.95. The summed E-state index contributed by atoms with van der Waals surface area (Å²) in [5.74, 6) is 0.709. The number of likely N-dealkylation sites (N-methyl/N-ethyl adjacent to an activating group) is 1. The number of hydrogen-bond donors (Lipinski definition) is 0. The van der Waals surface area contributed by atoms with Crippen molar-refractivity contribution >= 4 is 32.2 Å². The fraction of sp³-hybridized carbons (Fsp3) is 0.385. The Morgan fingerprint density at radius 1 is 1.06 bits per heavy atom. The molecule has 2 aliphatic heterocycles. The number of rotatable bonds is 6. The second-order valence-corrected chi connectivity index (χ2v) is 10.9. The van der Waals surface area contributed by atoms with E-state index in [1.165, 1.54) is 9.55 Å². The Hall–Kier alpha value is -2.81. The molecule has 180 valence electrons. The van der Waals surface area contributed by atoms with Gasteiger partial charge in [0, 0.05) is 56.1 Å². The molecule has 0 spiro atoms. The summed E-state index contributed by atoms with van der Waals surface area (Å²) < 4.78 is 40.2. The molecule has 1 fully saturated rings. The molecule has 1 atom stereocenters. The van der Waals surface area contributed by atoms with Gasteiger partial charge in [0.25, 0.3) is 10.0 Å². The van der Waals surface area contributed by atoms with E-state index in [9.17, 15) is 8.42 Å². The standard InChI is InChI=1S/C26H31N3O4S/c1-27-12-9-19(10-13-27)25-18-29(26-8-7-21(32-2)16-24(25)26)34(30,31)23-6-4-5-20(15-23)28-14-11-22(17-28)33-3/h4-9,15-16,18,22H,10-14,17H2,1-3H3. The molecule has 5 rings (SSSR count). The van der Waals surface area contributed by atoms with Gasteiger partial charge in [0.2, 0.25) is 0 Å². The molecule has 34 heavy (non-hydrogen) atoms. The highest BCUT2D eigenvalue weighted by molar-refractivity contribution is 7.90. The van der Waals surface area contributed by atoms with Gasteiger partial charge in [-0.2, -0.15) is 0 Å². The SMILES string of the molecule is COc1ccc2c(c1)c(C1=CCN(C)CC1)cn2S(=O)(=O)c1cccc(N2CCC(OC)C2)c1. The Labute approximate surface area is 201 Å². The van der Waals surface area contributed by atoms with Crippen molar-refractivity contribution in [2.24, 2.45) is 0 Å². The molecule has 3 heterocycles. The largest absolute Gasteiger partial charge is 0.497 e. The Morgan fingerprint density at radius 3 is 2.62 bits per heavy atom. The summed E-state index contributed by atoms with van der Waals surface area (Å²) in [6.07, 6.45) is 5.95. The van der Waals surface area contributed by atoms with Crippen molar-refractivity contribution in [3.8, 4) is 5.75 Å². The highest BCUT2D eigenvalue weighted by Gasteiger charge is 2.26. The monoisotopic (exact) mass is 481 g/mol. The molecule has 8 heteroatoms. The van der Waals surface area contributed by atoms with Crippen LogP contribution in [0.1, 0.15) is 18.4 Å². The molecule has 0 saturated carbocycles. The fourth-order valence-corrected chi connectivity index (χ4v) is 6.30. The van der Waals surface area contributed by atoms with Crippen molar-refractivity contribution in [2.45, 2.75) is 23.8 Å². The molecule has 0 aliphatic carbocycles. The van der Waals surface area contributed by atoms with Gasteiger partial charge in [-0.1, -0.05) is 12.1 Å². The normalized spacial score (nSPS) is 19.6. The average molecular weight is 482 g/mol. The second kappa shape index (κ2) is 9.09. The Bertz CT molecular complexity index is 1350. The highest BCUT2D eigenvalue weighted by atomic mass is 32.2. The number of anilines is 1. The Balaban J connectivity index is 1.59. The van der Waals surface area contributed by atoms with Crippen LogP contribution < -0.4 is 9.64 Å². The zero-order valence-corrected chi connectivity index (χ0v) is 20.7. The Morgan fingerprint density at radius 2 is 1.91 bits per heavy atom. The summed E-state index contributed by atoms with van der Waals surface area (Å²) in [5, 5.41) is 0.886. The van der Waals surface area contributed by atoms with Crippen molar-refractivity contribution < 1.29 is 17.9 Å². The molecular formula is C26H31N3O4S. The zero-order valence-electron chi connectivity index (χ0n) is 19.9. The molecule has 2 aromatic carbocycles. The first-order chi connectivity index (χ1) is 16.4. The van der Waals surface area contributed by atoms with Gasteiger partial charge >= 0.3 is 0 Å². The third-order valence-corrected chi connectivity index (χ3v) is 8.62. The smallest absolute Gasteiger partial charge is 0.268 e. The lowest BCUT2D eigenvalue weighted by molar-refractivity contribution is 0.121. The maximum Gasteiger partial charge on any atom is 0.268 e. The van der Waals surface area contributed by atoms with Crippen LogP contribution in [-0.2, 0) is 14.8 Å². The summed E-state index contributed by atoms with van der Waals surface area (Å²) in [4.78, 5) is 4.71. The maximum atomic E-state index is 13.9. The van der Waals surface area contributed by atoms with Crippen molar-refractivity contribution in [2.75, 3.05) is 52.3 Å². The lowest BCUT2D eigenvalue weighted by Gasteiger charge is -2.21. The quantitative estimate of drug-likeness (QED) is 0.533. The molecule has 2 aliphatic rings. The van der Waals surface area contributed by atoms with E-state index in [0.29, 0.717) is 11.3 Å². The van der Waals surface area contributed by atoms with Crippen LogP contribution >= 0.6 is 0 Å². The molecule has 1 saturated heterocycles. The van der Waals surface area contributed by atoms with Crippen molar-refractivity contribution in [1.82, 2.24) is 8.87 Å². The van der Waals surface area contributed by atoms with Crippen LogP contribution in [0.25, 0.3) is 16.5 Å². The summed E-state index contributed by atoms with van der Waals surface area (Å²) >= 11 is 0. The first-order valence-corrected chi connectivity index (χ1v) is 13.0. The van der Waals surface area contributed by atoms with Crippen molar-refractivity contribution in [1.29, 1.82) is 0 Å². The number of aromatic nitrogens is 1. The average Bonchev–Trinajstić information content (AvgIpc) is 3.50. The predicted molar refractivity (Wildman–Crippen MR) is 135 cm³/mol. The molecular weight excluding hydrogens is 450 g/mol. The highest BCUT2D eigenvalue weighted by Crippen LogP contribution is 2.35. The molecule has 0 bridgehead atoms. The fourth-order valence-electron chi connectivity index (χ4n) is 4.89. The summed E-state index contributed by atoms with van der Waals surface area (Å²) in [5.41, 5.74) is 3.67. The molecule has 3 aromatic rings. The van der Waals surface area contributed by atoms with Gasteiger partial charge < -0.3 is 19.3 Å². The van der Waals surface area contributed by atoms with Crippen LogP contribution in [0.4, 0.5) is 5.69 Å². The third kappa shape index (κ3) is 4.10. The first-order valence-electron chi connectivity index (χ1n) is 11.6. The van der Waals surface area contributed by atoms with Gasteiger partial charge in [-0.05, 0) is 61.9 Å². The van der Waals surface area contributed by atoms with Gasteiger partial charge in [0.1, 0.15) is 5.75 Å². The minimum absolute atomic E-state index is 0.175. The van der Waals surface area contributed by atoms with E-state index in [1.54, 1.807) is 32.5 Å². The maximum absolute atomic E-state index is 13.9. The lowest BCUT2D eigenvalue weighted by Crippen LogP contribution is -2.23. The number of fused-ring (bicyclic) bond motifs is 1. The van der Waals surface area contributed by atoms with E-state index in [4.69, 9.17) is 9.47 Å². The van der Waals surface area contributed by atoms with Gasteiger partial charge in [-0.3, -0.25) is 0 Å².